The van der Waals surface area contributed by atoms with Gasteiger partial charge in [-0.3, -0.25) is 14.5 Å². The summed E-state index contributed by atoms with van der Waals surface area (Å²) >= 11 is 6.13. The van der Waals surface area contributed by atoms with Crippen LogP contribution < -0.4 is 5.32 Å². The topological polar surface area (TPSA) is 99.2 Å². The van der Waals surface area contributed by atoms with E-state index in [-0.39, 0.29) is 17.7 Å². The molecule has 0 aliphatic carbocycles. The first-order valence-electron chi connectivity index (χ1n) is 8.84. The summed E-state index contributed by atoms with van der Waals surface area (Å²) < 4.78 is 19.1. The molecule has 1 aromatic heterocycles. The highest BCUT2D eigenvalue weighted by Gasteiger charge is 2.27. The normalized spacial score (nSPS) is 11.4. The number of carbonyl (C=O) groups excluding carboxylic acids is 2. The van der Waals surface area contributed by atoms with Crippen molar-refractivity contribution in [2.45, 2.75) is 12.5 Å². The van der Waals surface area contributed by atoms with Gasteiger partial charge in [0.05, 0.1) is 5.02 Å². The molecule has 2 amide bonds. The molecule has 30 heavy (non-hydrogen) atoms. The molecule has 0 radical (unpaired) electrons. The summed E-state index contributed by atoms with van der Waals surface area (Å²) in [5.74, 6) is -2.11. The molecule has 0 bridgehead atoms. The Morgan fingerprint density at radius 2 is 1.97 bits per heavy atom. The molecular formula is C21H16ClFN4O3. The monoisotopic (exact) mass is 426 g/mol. The first kappa shape index (κ1) is 21.0. The lowest BCUT2D eigenvalue weighted by Gasteiger charge is -2.19. The van der Waals surface area contributed by atoms with Crippen LogP contribution in [0.1, 0.15) is 16.1 Å². The van der Waals surface area contributed by atoms with Crippen molar-refractivity contribution < 1.29 is 18.5 Å². The molecule has 1 atom stereocenters. The summed E-state index contributed by atoms with van der Waals surface area (Å²) in [7, 11) is 1.26. The van der Waals surface area contributed by atoms with Crippen LogP contribution in [0.5, 0.6) is 0 Å². The minimum Gasteiger partial charge on any atom is -0.350 e. The highest BCUT2D eigenvalue weighted by atomic mass is 35.5. The largest absolute Gasteiger partial charge is 0.350 e. The molecule has 0 aliphatic heterocycles. The molecular weight excluding hydrogens is 411 g/mol. The molecule has 7 nitrogen and oxygen atoms in total. The Bertz CT molecular complexity index is 1130. The van der Waals surface area contributed by atoms with Crippen LogP contribution in [0.25, 0.3) is 11.3 Å². The quantitative estimate of drug-likeness (QED) is 0.481. The molecule has 0 saturated heterocycles. The molecule has 0 fully saturated rings. The van der Waals surface area contributed by atoms with Crippen molar-refractivity contribution in [2.24, 2.45) is 0 Å². The van der Waals surface area contributed by atoms with Crippen LogP contribution in [0.2, 0.25) is 5.02 Å². The highest BCUT2D eigenvalue weighted by molar-refractivity contribution is 6.33. The predicted molar refractivity (Wildman–Crippen MR) is 107 cm³/mol. The van der Waals surface area contributed by atoms with Crippen molar-refractivity contribution in [3.63, 3.8) is 0 Å². The maximum absolute atomic E-state index is 14.0. The summed E-state index contributed by atoms with van der Waals surface area (Å²) in [4.78, 5) is 25.9. The lowest BCUT2D eigenvalue weighted by Crippen LogP contribution is -2.47. The maximum atomic E-state index is 14.0. The number of benzene rings is 2. The van der Waals surface area contributed by atoms with E-state index in [1.165, 1.54) is 31.3 Å². The van der Waals surface area contributed by atoms with Crippen molar-refractivity contribution in [1.82, 2.24) is 15.4 Å². The molecule has 1 N–H and O–H groups in total. The van der Waals surface area contributed by atoms with E-state index in [1.54, 1.807) is 36.5 Å². The van der Waals surface area contributed by atoms with E-state index < -0.39 is 23.7 Å². The van der Waals surface area contributed by atoms with E-state index in [9.17, 15) is 14.0 Å². The van der Waals surface area contributed by atoms with Gasteiger partial charge in [0, 0.05) is 25.1 Å². The number of likely N-dealkylation sites (N-methyl/N-ethyl adjacent to an activating group) is 1. The van der Waals surface area contributed by atoms with E-state index in [4.69, 9.17) is 21.4 Å². The number of aromatic nitrogens is 1. The van der Waals surface area contributed by atoms with E-state index >= 15 is 0 Å². The summed E-state index contributed by atoms with van der Waals surface area (Å²) in [5.41, 5.74) is 1.14. The van der Waals surface area contributed by atoms with Gasteiger partial charge in [0.2, 0.25) is 5.76 Å². The van der Waals surface area contributed by atoms with E-state index in [2.05, 4.69) is 10.5 Å². The van der Waals surface area contributed by atoms with Crippen molar-refractivity contribution in [3.8, 4) is 17.5 Å². The smallest absolute Gasteiger partial charge is 0.290 e. The lowest BCUT2D eigenvalue weighted by molar-refractivity contribution is -0.129. The number of hydrogen-bond acceptors (Lipinski definition) is 5. The molecule has 9 heteroatoms. The second-order valence-corrected chi connectivity index (χ2v) is 6.78. The Hall–Kier alpha value is -3.70. The average Bonchev–Trinajstić information content (AvgIpc) is 3.24. The van der Waals surface area contributed by atoms with Crippen LogP contribution in [-0.2, 0) is 11.2 Å². The minimum atomic E-state index is -1.19. The second kappa shape index (κ2) is 9.20. The first-order valence-corrected chi connectivity index (χ1v) is 9.21. The Balaban J connectivity index is 1.83. The SMILES string of the molecule is CN(C#N)C(=O)[C@H](Cc1ccccc1F)NC(=O)c1cc(-c2ccccc2Cl)no1. The van der Waals surface area contributed by atoms with Gasteiger partial charge in [0.15, 0.2) is 6.19 Å². The van der Waals surface area contributed by atoms with Crippen molar-refractivity contribution in [3.05, 3.63) is 76.8 Å². The lowest BCUT2D eigenvalue weighted by atomic mass is 10.0. The molecule has 0 spiro atoms. The van der Waals surface area contributed by atoms with E-state index in [0.717, 1.165) is 4.90 Å². The minimum absolute atomic E-state index is 0.144. The molecule has 0 unspecified atom stereocenters. The Kier molecular flexibility index (Phi) is 6.45. The summed E-state index contributed by atoms with van der Waals surface area (Å²) in [5, 5.41) is 15.8. The summed E-state index contributed by atoms with van der Waals surface area (Å²) in [6.45, 7) is 0. The molecule has 3 aromatic rings. The molecule has 1 heterocycles. The number of nitriles is 1. The number of halogens is 2. The third kappa shape index (κ3) is 4.64. The van der Waals surface area contributed by atoms with Crippen LogP contribution >= 0.6 is 11.6 Å². The molecule has 0 aliphatic rings. The van der Waals surface area contributed by atoms with Gasteiger partial charge in [-0.1, -0.05) is 53.2 Å². The van der Waals surface area contributed by atoms with Gasteiger partial charge in [-0.2, -0.15) is 5.26 Å². The molecule has 152 valence electrons. The Morgan fingerprint density at radius 1 is 1.27 bits per heavy atom. The van der Waals surface area contributed by atoms with Gasteiger partial charge in [0.25, 0.3) is 11.8 Å². The number of amides is 2. The third-order valence-corrected chi connectivity index (χ3v) is 4.68. The average molecular weight is 427 g/mol. The van der Waals surface area contributed by atoms with Crippen LogP contribution in [0.3, 0.4) is 0 Å². The number of nitrogens with zero attached hydrogens (tertiary/aromatic N) is 3. The summed E-state index contributed by atoms with van der Waals surface area (Å²) in [6, 6.07) is 13.0. The Labute approximate surface area is 176 Å². The van der Waals surface area contributed by atoms with Gasteiger partial charge in [-0.05, 0) is 17.7 Å². The maximum Gasteiger partial charge on any atom is 0.290 e. The molecule has 3 rings (SSSR count). The highest BCUT2D eigenvalue weighted by Crippen LogP contribution is 2.27. The van der Waals surface area contributed by atoms with Gasteiger partial charge >= 0.3 is 0 Å². The fourth-order valence-corrected chi connectivity index (χ4v) is 3.01. The van der Waals surface area contributed by atoms with Crippen LogP contribution in [0, 0.1) is 17.3 Å². The number of nitrogens with one attached hydrogen (secondary N) is 1. The first-order chi connectivity index (χ1) is 14.4. The van der Waals surface area contributed by atoms with Crippen molar-refractivity contribution >= 4 is 23.4 Å². The van der Waals surface area contributed by atoms with Crippen LogP contribution in [0.15, 0.2) is 59.1 Å². The standard InChI is InChI=1S/C21H16ClFN4O3/c1-27(12-24)21(29)18(10-13-6-2-5-9-16(13)23)25-20(28)19-11-17(26-30-19)14-7-3-4-8-15(14)22/h2-9,11,18H,10H2,1H3,(H,25,28)/t18-/m0/s1. The fourth-order valence-electron chi connectivity index (χ4n) is 2.77. The van der Waals surface area contributed by atoms with Crippen molar-refractivity contribution in [1.29, 1.82) is 5.26 Å². The number of hydrogen-bond donors (Lipinski definition) is 1. The van der Waals surface area contributed by atoms with E-state index in [0.29, 0.717) is 16.3 Å². The molecule has 2 aromatic carbocycles. The number of rotatable bonds is 6. The zero-order valence-corrected chi connectivity index (χ0v) is 16.6. The third-order valence-electron chi connectivity index (χ3n) is 4.35. The van der Waals surface area contributed by atoms with E-state index in [1.807, 2.05) is 0 Å². The zero-order chi connectivity index (χ0) is 21.7. The zero-order valence-electron chi connectivity index (χ0n) is 15.8. The van der Waals surface area contributed by atoms with Crippen LogP contribution in [-0.4, -0.2) is 35.0 Å². The summed E-state index contributed by atoms with van der Waals surface area (Å²) in [6.07, 6.45) is 1.53. The van der Waals surface area contributed by atoms with Gasteiger partial charge < -0.3 is 9.84 Å². The molecule has 0 saturated carbocycles. The van der Waals surface area contributed by atoms with Gasteiger partial charge in [-0.15, -0.1) is 0 Å². The second-order valence-electron chi connectivity index (χ2n) is 6.38. The van der Waals surface area contributed by atoms with Gasteiger partial charge in [-0.25, -0.2) is 4.39 Å². The fraction of sp³-hybridized carbons (Fsp3) is 0.143. The predicted octanol–water partition coefficient (Wildman–Crippen LogP) is 3.41. The van der Waals surface area contributed by atoms with Crippen LogP contribution in [0.4, 0.5) is 4.39 Å². The van der Waals surface area contributed by atoms with Gasteiger partial charge in [0.1, 0.15) is 17.6 Å². The Morgan fingerprint density at radius 3 is 2.67 bits per heavy atom. The van der Waals surface area contributed by atoms with Crippen molar-refractivity contribution in [2.75, 3.05) is 7.05 Å². The number of carbonyl (C=O) groups is 2.